The third-order valence-electron chi connectivity index (χ3n) is 2.24. The molecule has 0 aliphatic carbocycles. The van der Waals surface area contributed by atoms with Crippen LogP contribution in [0.5, 0.6) is 0 Å². The van der Waals surface area contributed by atoms with Crippen LogP contribution < -0.4 is 11.1 Å². The zero-order valence-corrected chi connectivity index (χ0v) is 9.97. The molecule has 18 heavy (non-hydrogen) atoms. The fourth-order valence-electron chi connectivity index (χ4n) is 1.44. The second-order valence-electron chi connectivity index (χ2n) is 3.51. The second-order valence-corrected chi connectivity index (χ2v) is 3.95. The predicted octanol–water partition coefficient (Wildman–Crippen LogP) is 2.74. The topological polar surface area (TPSA) is 50.9 Å². The third-order valence-corrected chi connectivity index (χ3v) is 2.43. The molecule has 6 heteroatoms. The fraction of sp³-hybridized carbons (Fsp3) is 0. The van der Waals surface area contributed by atoms with Crippen LogP contribution in [0.2, 0.25) is 0 Å². The Bertz CT molecular complexity index is 602. The number of thiocarbonyl (C=S) groups is 1. The number of aromatic nitrogens is 1. The molecular weight excluding hydrogens is 256 g/mol. The van der Waals surface area contributed by atoms with Crippen molar-refractivity contribution < 1.29 is 8.78 Å². The van der Waals surface area contributed by atoms with Crippen LogP contribution in [0.4, 0.5) is 20.2 Å². The number of pyridine rings is 1. The molecule has 92 valence electrons. The largest absolute Gasteiger partial charge is 0.388 e. The van der Waals surface area contributed by atoms with E-state index in [2.05, 4.69) is 10.3 Å². The molecule has 0 aliphatic heterocycles. The molecule has 1 aromatic carbocycles. The van der Waals surface area contributed by atoms with Crippen LogP contribution in [0.25, 0.3) is 0 Å². The van der Waals surface area contributed by atoms with Crippen molar-refractivity contribution in [1.29, 1.82) is 0 Å². The Morgan fingerprint density at radius 2 is 2.00 bits per heavy atom. The van der Waals surface area contributed by atoms with Crippen LogP contribution in [0.15, 0.2) is 36.5 Å². The summed E-state index contributed by atoms with van der Waals surface area (Å²) in [6, 6.07) is 6.55. The number of hydrogen-bond donors (Lipinski definition) is 2. The molecule has 1 aromatic heterocycles. The highest BCUT2D eigenvalue weighted by atomic mass is 32.1. The Kier molecular flexibility index (Phi) is 3.47. The molecule has 0 aliphatic rings. The summed E-state index contributed by atoms with van der Waals surface area (Å²) < 4.78 is 26.3. The number of nitrogens with zero attached hydrogens (tertiary/aromatic N) is 1. The van der Waals surface area contributed by atoms with Crippen LogP contribution in [0.1, 0.15) is 5.69 Å². The van der Waals surface area contributed by atoms with Crippen LogP contribution in [0, 0.1) is 11.6 Å². The van der Waals surface area contributed by atoms with Gasteiger partial charge in [-0.3, -0.25) is 4.98 Å². The summed E-state index contributed by atoms with van der Waals surface area (Å²) >= 11 is 4.84. The maximum atomic E-state index is 13.5. The van der Waals surface area contributed by atoms with Gasteiger partial charge in [0.25, 0.3) is 0 Å². The maximum Gasteiger partial charge on any atom is 0.149 e. The quantitative estimate of drug-likeness (QED) is 0.838. The van der Waals surface area contributed by atoms with Gasteiger partial charge >= 0.3 is 0 Å². The van der Waals surface area contributed by atoms with Gasteiger partial charge in [0.15, 0.2) is 0 Å². The van der Waals surface area contributed by atoms with Crippen molar-refractivity contribution in [2.24, 2.45) is 5.73 Å². The third kappa shape index (κ3) is 2.60. The number of nitrogens with one attached hydrogen (secondary N) is 1. The molecule has 0 bridgehead atoms. The highest BCUT2D eigenvalue weighted by molar-refractivity contribution is 7.80. The Morgan fingerprint density at radius 3 is 2.67 bits per heavy atom. The summed E-state index contributed by atoms with van der Waals surface area (Å²) in [6.07, 6.45) is 1.53. The van der Waals surface area contributed by atoms with E-state index in [9.17, 15) is 8.78 Å². The van der Waals surface area contributed by atoms with Crippen molar-refractivity contribution in [3.63, 3.8) is 0 Å². The van der Waals surface area contributed by atoms with Gasteiger partial charge in [0.05, 0.1) is 11.4 Å². The van der Waals surface area contributed by atoms with Gasteiger partial charge in [-0.25, -0.2) is 8.78 Å². The van der Waals surface area contributed by atoms with Crippen molar-refractivity contribution in [3.05, 3.63) is 53.9 Å². The number of hydrogen-bond acceptors (Lipinski definition) is 3. The Labute approximate surface area is 108 Å². The summed E-state index contributed by atoms with van der Waals surface area (Å²) in [5.41, 5.74) is 6.46. The molecule has 0 fully saturated rings. The zero-order chi connectivity index (χ0) is 13.1. The molecule has 3 N–H and O–H groups in total. The minimum Gasteiger partial charge on any atom is -0.388 e. The average molecular weight is 265 g/mol. The van der Waals surface area contributed by atoms with E-state index in [4.69, 9.17) is 18.0 Å². The van der Waals surface area contributed by atoms with Crippen molar-refractivity contribution in [2.75, 3.05) is 5.32 Å². The van der Waals surface area contributed by atoms with Gasteiger partial charge in [-0.15, -0.1) is 0 Å². The molecule has 0 unspecified atom stereocenters. The normalized spacial score (nSPS) is 10.1. The molecule has 0 atom stereocenters. The number of rotatable bonds is 3. The van der Waals surface area contributed by atoms with E-state index in [1.54, 1.807) is 12.1 Å². The lowest BCUT2D eigenvalue weighted by molar-refractivity contribution is 0.586. The van der Waals surface area contributed by atoms with E-state index in [1.165, 1.54) is 12.3 Å². The first-order chi connectivity index (χ1) is 8.58. The summed E-state index contributed by atoms with van der Waals surface area (Å²) in [7, 11) is 0. The molecule has 0 saturated heterocycles. The van der Waals surface area contributed by atoms with Crippen molar-refractivity contribution >= 4 is 28.6 Å². The summed E-state index contributed by atoms with van der Waals surface area (Å²) in [5, 5.41) is 2.78. The molecule has 3 nitrogen and oxygen atoms in total. The van der Waals surface area contributed by atoms with Gasteiger partial charge in [-0.2, -0.15) is 0 Å². The van der Waals surface area contributed by atoms with Crippen molar-refractivity contribution in [1.82, 2.24) is 4.98 Å². The maximum absolute atomic E-state index is 13.5. The van der Waals surface area contributed by atoms with Gasteiger partial charge in [0.1, 0.15) is 22.3 Å². The smallest absolute Gasteiger partial charge is 0.149 e. The van der Waals surface area contributed by atoms with E-state index in [-0.39, 0.29) is 10.7 Å². The lowest BCUT2D eigenvalue weighted by Gasteiger charge is -2.10. The van der Waals surface area contributed by atoms with Crippen LogP contribution >= 0.6 is 12.2 Å². The van der Waals surface area contributed by atoms with E-state index < -0.39 is 11.6 Å². The first kappa shape index (κ1) is 12.4. The first-order valence-electron chi connectivity index (χ1n) is 5.05. The highest BCUT2D eigenvalue weighted by Crippen LogP contribution is 2.22. The second kappa shape index (κ2) is 5.05. The summed E-state index contributed by atoms with van der Waals surface area (Å²) in [4.78, 5) is 4.09. The van der Waals surface area contributed by atoms with Crippen LogP contribution in [-0.2, 0) is 0 Å². The standard InChI is InChI=1S/C12H9F2N3S/c13-7-3-4-9(8(14)6-7)17-10-2-1-5-16-11(10)12(15)18/h1-6,17H,(H2,15,18). The number of nitrogens with two attached hydrogens (primary N) is 1. The first-order valence-corrected chi connectivity index (χ1v) is 5.45. The SMILES string of the molecule is NC(=S)c1ncccc1Nc1ccc(F)cc1F. The van der Waals surface area contributed by atoms with Gasteiger partial charge in [-0.05, 0) is 24.3 Å². The number of anilines is 2. The lowest BCUT2D eigenvalue weighted by Crippen LogP contribution is -2.14. The van der Waals surface area contributed by atoms with E-state index in [0.717, 1.165) is 12.1 Å². The molecule has 0 saturated carbocycles. The molecular formula is C12H9F2N3S. The van der Waals surface area contributed by atoms with Crippen molar-refractivity contribution in [3.8, 4) is 0 Å². The van der Waals surface area contributed by atoms with E-state index in [1.807, 2.05) is 0 Å². The molecule has 0 radical (unpaired) electrons. The van der Waals surface area contributed by atoms with Crippen LogP contribution in [0.3, 0.4) is 0 Å². The highest BCUT2D eigenvalue weighted by Gasteiger charge is 2.09. The van der Waals surface area contributed by atoms with E-state index in [0.29, 0.717) is 11.4 Å². The van der Waals surface area contributed by atoms with Gasteiger partial charge in [0, 0.05) is 12.3 Å². The molecule has 0 spiro atoms. The van der Waals surface area contributed by atoms with Gasteiger partial charge in [-0.1, -0.05) is 12.2 Å². The van der Waals surface area contributed by atoms with Gasteiger partial charge < -0.3 is 11.1 Å². The average Bonchev–Trinajstić information content (AvgIpc) is 2.33. The van der Waals surface area contributed by atoms with Gasteiger partial charge in [0.2, 0.25) is 0 Å². The number of benzene rings is 1. The van der Waals surface area contributed by atoms with Crippen LogP contribution in [-0.4, -0.2) is 9.97 Å². The predicted molar refractivity (Wildman–Crippen MR) is 69.8 cm³/mol. The fourth-order valence-corrected chi connectivity index (χ4v) is 1.60. The molecule has 2 rings (SSSR count). The minimum atomic E-state index is -0.701. The molecule has 0 amide bonds. The summed E-state index contributed by atoms with van der Waals surface area (Å²) in [6.45, 7) is 0. The Morgan fingerprint density at radius 1 is 1.22 bits per heavy atom. The minimum absolute atomic E-state index is 0.0978. The lowest BCUT2D eigenvalue weighted by atomic mass is 10.2. The zero-order valence-electron chi connectivity index (χ0n) is 9.15. The summed E-state index contributed by atoms with van der Waals surface area (Å²) in [5.74, 6) is -1.34. The van der Waals surface area contributed by atoms with Crippen molar-refractivity contribution in [2.45, 2.75) is 0 Å². The molecule has 1 heterocycles. The number of halogens is 2. The Hall–Kier alpha value is -2.08. The van der Waals surface area contributed by atoms with E-state index >= 15 is 0 Å². The Balaban J connectivity index is 2.37. The molecule has 2 aromatic rings. The monoisotopic (exact) mass is 265 g/mol.